The number of rotatable bonds is 5. The summed E-state index contributed by atoms with van der Waals surface area (Å²) in [6, 6.07) is 6.91. The van der Waals surface area contributed by atoms with Gasteiger partial charge in [-0.05, 0) is 57.0 Å². The Labute approximate surface area is 109 Å². The first-order valence-corrected chi connectivity index (χ1v) is 6.75. The topological polar surface area (TPSA) is 32.7 Å². The maximum absolute atomic E-state index is 9.00. The molecular formula is C15H23NO2. The first-order chi connectivity index (χ1) is 8.72. The summed E-state index contributed by atoms with van der Waals surface area (Å²) in [6.07, 6.45) is 4.06. The zero-order chi connectivity index (χ0) is 13.0. The van der Waals surface area contributed by atoms with Crippen molar-refractivity contribution in [3.05, 3.63) is 29.3 Å². The minimum atomic E-state index is 0.262. The normalized spacial score (nSPS) is 16.2. The van der Waals surface area contributed by atoms with E-state index in [-0.39, 0.29) is 6.61 Å². The van der Waals surface area contributed by atoms with Gasteiger partial charge in [0.1, 0.15) is 5.75 Å². The number of aryl methyl sites for hydroxylation is 1. The van der Waals surface area contributed by atoms with Crippen LogP contribution in [0.1, 0.15) is 36.4 Å². The fourth-order valence-corrected chi connectivity index (χ4v) is 2.60. The smallest absolute Gasteiger partial charge is 0.122 e. The molecule has 1 aromatic rings. The lowest BCUT2D eigenvalue weighted by Crippen LogP contribution is -2.21. The third kappa shape index (κ3) is 3.03. The first kappa shape index (κ1) is 13.4. The number of fused-ring (bicyclic) bond motifs is 1. The van der Waals surface area contributed by atoms with Gasteiger partial charge >= 0.3 is 0 Å². The second-order valence-electron chi connectivity index (χ2n) is 5.16. The number of benzene rings is 1. The fourth-order valence-electron chi connectivity index (χ4n) is 2.60. The maximum atomic E-state index is 9.00. The Kier molecular flexibility index (Phi) is 4.61. The van der Waals surface area contributed by atoms with Crippen LogP contribution in [0.4, 0.5) is 0 Å². The van der Waals surface area contributed by atoms with Gasteiger partial charge in [-0.1, -0.05) is 12.1 Å². The Morgan fingerprint density at radius 1 is 1.39 bits per heavy atom. The largest absolute Gasteiger partial charge is 0.493 e. The lowest BCUT2D eigenvalue weighted by Gasteiger charge is -2.26. The zero-order valence-electron chi connectivity index (χ0n) is 11.4. The highest BCUT2D eigenvalue weighted by Gasteiger charge is 2.17. The Hall–Kier alpha value is -1.06. The number of aliphatic hydroxyl groups excluding tert-OH is 1. The van der Waals surface area contributed by atoms with Gasteiger partial charge in [0.05, 0.1) is 6.61 Å². The average Bonchev–Trinajstić information content (AvgIpc) is 2.38. The molecule has 100 valence electrons. The molecular weight excluding hydrogens is 226 g/mol. The van der Waals surface area contributed by atoms with Gasteiger partial charge in [-0.3, -0.25) is 0 Å². The molecule has 1 atom stereocenters. The van der Waals surface area contributed by atoms with Crippen molar-refractivity contribution in [1.82, 2.24) is 4.90 Å². The number of aliphatic hydroxyl groups is 1. The Morgan fingerprint density at radius 3 is 2.94 bits per heavy atom. The maximum Gasteiger partial charge on any atom is 0.122 e. The van der Waals surface area contributed by atoms with Crippen LogP contribution in [0.5, 0.6) is 5.75 Å². The fraction of sp³-hybridized carbons (Fsp3) is 0.600. The van der Waals surface area contributed by atoms with Gasteiger partial charge in [0, 0.05) is 12.6 Å². The highest BCUT2D eigenvalue weighted by atomic mass is 16.5. The molecule has 1 N–H and O–H groups in total. The van der Waals surface area contributed by atoms with E-state index in [0.29, 0.717) is 6.04 Å². The molecule has 1 aliphatic heterocycles. The van der Waals surface area contributed by atoms with Crippen LogP contribution in [0.2, 0.25) is 0 Å². The zero-order valence-corrected chi connectivity index (χ0v) is 11.4. The van der Waals surface area contributed by atoms with Crippen molar-refractivity contribution in [2.45, 2.75) is 31.7 Å². The van der Waals surface area contributed by atoms with E-state index in [4.69, 9.17) is 9.84 Å². The molecule has 0 aromatic heterocycles. The van der Waals surface area contributed by atoms with E-state index >= 15 is 0 Å². The van der Waals surface area contributed by atoms with E-state index < -0.39 is 0 Å². The van der Waals surface area contributed by atoms with Gasteiger partial charge in [0.25, 0.3) is 0 Å². The third-order valence-corrected chi connectivity index (χ3v) is 3.58. The summed E-state index contributed by atoms with van der Waals surface area (Å²) in [5.41, 5.74) is 2.66. The van der Waals surface area contributed by atoms with Crippen LogP contribution >= 0.6 is 0 Å². The third-order valence-electron chi connectivity index (χ3n) is 3.58. The van der Waals surface area contributed by atoms with Gasteiger partial charge in [0.15, 0.2) is 0 Å². The second-order valence-corrected chi connectivity index (χ2v) is 5.16. The van der Waals surface area contributed by atoms with E-state index in [0.717, 1.165) is 38.0 Å². The predicted molar refractivity (Wildman–Crippen MR) is 73.0 cm³/mol. The predicted octanol–water partition coefficient (Wildman–Crippen LogP) is 2.39. The molecule has 2 rings (SSSR count). The van der Waals surface area contributed by atoms with E-state index in [1.807, 2.05) is 0 Å². The van der Waals surface area contributed by atoms with Crippen molar-refractivity contribution < 1.29 is 9.84 Å². The standard InChI is InChI=1S/C15H23NO2/c1-16(2)14(6-3-9-17)12-7-8-15-13(11-12)5-4-10-18-15/h7-8,11,14,17H,3-6,9-10H2,1-2H3. The van der Waals surface area contributed by atoms with E-state index in [1.54, 1.807) is 0 Å². The van der Waals surface area contributed by atoms with Gasteiger partial charge in [-0.2, -0.15) is 0 Å². The van der Waals surface area contributed by atoms with Crippen LogP contribution in [0.25, 0.3) is 0 Å². The summed E-state index contributed by atoms with van der Waals surface area (Å²) in [7, 11) is 4.19. The highest BCUT2D eigenvalue weighted by molar-refractivity contribution is 5.39. The molecule has 1 heterocycles. The molecule has 1 aliphatic rings. The molecule has 1 aromatic carbocycles. The SMILES string of the molecule is CN(C)C(CCCO)c1ccc2c(c1)CCCO2. The number of hydrogen-bond acceptors (Lipinski definition) is 3. The molecule has 0 saturated heterocycles. The molecule has 1 unspecified atom stereocenters. The Balaban J connectivity index is 2.19. The molecule has 18 heavy (non-hydrogen) atoms. The van der Waals surface area contributed by atoms with Crippen molar-refractivity contribution >= 4 is 0 Å². The van der Waals surface area contributed by atoms with E-state index in [2.05, 4.69) is 37.2 Å². The number of ether oxygens (including phenoxy) is 1. The summed E-state index contributed by atoms with van der Waals surface area (Å²) >= 11 is 0. The van der Waals surface area contributed by atoms with Crippen molar-refractivity contribution in [1.29, 1.82) is 0 Å². The molecule has 0 radical (unpaired) electrons. The van der Waals surface area contributed by atoms with Crippen molar-refractivity contribution in [3.8, 4) is 5.75 Å². The van der Waals surface area contributed by atoms with Crippen LogP contribution in [-0.4, -0.2) is 37.3 Å². The molecule has 0 spiro atoms. The van der Waals surface area contributed by atoms with E-state index in [9.17, 15) is 0 Å². The van der Waals surface area contributed by atoms with Crippen LogP contribution in [0, 0.1) is 0 Å². The monoisotopic (exact) mass is 249 g/mol. The minimum Gasteiger partial charge on any atom is -0.493 e. The molecule has 0 fully saturated rings. The lowest BCUT2D eigenvalue weighted by molar-refractivity contribution is 0.234. The summed E-state index contributed by atoms with van der Waals surface area (Å²) < 4.78 is 5.65. The summed E-state index contributed by atoms with van der Waals surface area (Å²) in [4.78, 5) is 2.22. The van der Waals surface area contributed by atoms with Crippen molar-refractivity contribution in [3.63, 3.8) is 0 Å². The van der Waals surface area contributed by atoms with Crippen LogP contribution in [0.15, 0.2) is 18.2 Å². The van der Waals surface area contributed by atoms with Gasteiger partial charge in [-0.15, -0.1) is 0 Å². The highest BCUT2D eigenvalue weighted by Crippen LogP contribution is 2.31. The molecule has 0 bridgehead atoms. The van der Waals surface area contributed by atoms with Crippen LogP contribution in [0.3, 0.4) is 0 Å². The molecule has 0 aliphatic carbocycles. The quantitative estimate of drug-likeness (QED) is 0.869. The molecule has 0 saturated carbocycles. The van der Waals surface area contributed by atoms with E-state index in [1.165, 1.54) is 11.1 Å². The average molecular weight is 249 g/mol. The van der Waals surface area contributed by atoms with Crippen LogP contribution < -0.4 is 4.74 Å². The van der Waals surface area contributed by atoms with Crippen molar-refractivity contribution in [2.75, 3.05) is 27.3 Å². The molecule has 3 heteroatoms. The molecule has 3 nitrogen and oxygen atoms in total. The first-order valence-electron chi connectivity index (χ1n) is 6.75. The molecule has 0 amide bonds. The van der Waals surface area contributed by atoms with Crippen LogP contribution in [-0.2, 0) is 6.42 Å². The summed E-state index contributed by atoms with van der Waals surface area (Å²) in [6.45, 7) is 1.10. The Bertz CT molecular complexity index is 390. The van der Waals surface area contributed by atoms with Crippen molar-refractivity contribution in [2.24, 2.45) is 0 Å². The number of nitrogens with zero attached hydrogens (tertiary/aromatic N) is 1. The minimum absolute atomic E-state index is 0.262. The van der Waals surface area contributed by atoms with Gasteiger partial charge < -0.3 is 14.7 Å². The van der Waals surface area contributed by atoms with Gasteiger partial charge in [-0.25, -0.2) is 0 Å². The lowest BCUT2D eigenvalue weighted by atomic mass is 9.96. The Morgan fingerprint density at radius 2 is 2.22 bits per heavy atom. The summed E-state index contributed by atoms with van der Waals surface area (Å²) in [5, 5.41) is 9.00. The number of hydrogen-bond donors (Lipinski definition) is 1. The second kappa shape index (κ2) is 6.21. The van der Waals surface area contributed by atoms with Gasteiger partial charge in [0.2, 0.25) is 0 Å². The summed E-state index contributed by atoms with van der Waals surface area (Å²) in [5.74, 6) is 1.05.